The predicted octanol–water partition coefficient (Wildman–Crippen LogP) is 4.98. The van der Waals surface area contributed by atoms with E-state index in [9.17, 15) is 9.18 Å². The van der Waals surface area contributed by atoms with Gasteiger partial charge in [0.25, 0.3) is 0 Å². The fourth-order valence-electron chi connectivity index (χ4n) is 2.79. The molecule has 6 nitrogen and oxygen atoms in total. The normalized spacial score (nSPS) is 10.6. The van der Waals surface area contributed by atoms with Crippen molar-refractivity contribution in [3.63, 3.8) is 0 Å². The summed E-state index contributed by atoms with van der Waals surface area (Å²) in [6.07, 6.45) is 2.01. The Morgan fingerprint density at radius 2 is 1.83 bits per heavy atom. The third-order valence-corrected chi connectivity index (χ3v) is 4.33. The fraction of sp³-hybridized carbons (Fsp3) is 0.409. The van der Waals surface area contributed by atoms with Crippen LogP contribution >= 0.6 is 0 Å². The Hall–Kier alpha value is -2.96. The molecule has 0 fully saturated rings. The number of rotatable bonds is 10. The van der Waals surface area contributed by atoms with Crippen molar-refractivity contribution in [3.05, 3.63) is 47.8 Å². The summed E-state index contributed by atoms with van der Waals surface area (Å²) in [4.78, 5) is 12.2. The van der Waals surface area contributed by atoms with E-state index in [2.05, 4.69) is 24.5 Å². The van der Waals surface area contributed by atoms with Gasteiger partial charge < -0.3 is 24.8 Å². The molecule has 0 saturated heterocycles. The van der Waals surface area contributed by atoms with Crippen molar-refractivity contribution in [2.75, 3.05) is 26.1 Å². The highest BCUT2D eigenvalue weighted by molar-refractivity contribution is 5.89. The van der Waals surface area contributed by atoms with Crippen molar-refractivity contribution in [2.24, 2.45) is 5.92 Å². The van der Waals surface area contributed by atoms with Crippen molar-refractivity contribution in [2.45, 2.75) is 33.2 Å². The Morgan fingerprint density at radius 3 is 2.52 bits per heavy atom. The number of carbonyl (C=O) groups excluding carboxylic acids is 1. The van der Waals surface area contributed by atoms with Crippen molar-refractivity contribution >= 4 is 11.7 Å². The molecule has 158 valence electrons. The summed E-state index contributed by atoms with van der Waals surface area (Å²) in [6.45, 7) is 4.90. The number of amides is 2. The number of hydrogen-bond donors (Lipinski definition) is 2. The van der Waals surface area contributed by atoms with Gasteiger partial charge in [-0.1, -0.05) is 19.9 Å². The van der Waals surface area contributed by atoms with E-state index >= 15 is 0 Å². The number of hydrogen-bond acceptors (Lipinski definition) is 4. The van der Waals surface area contributed by atoms with E-state index < -0.39 is 11.8 Å². The molecule has 2 rings (SSSR count). The molecular formula is C22H29FN2O4. The van der Waals surface area contributed by atoms with Crippen molar-refractivity contribution in [1.82, 2.24) is 5.32 Å². The summed E-state index contributed by atoms with van der Waals surface area (Å²) in [5.74, 6) is 1.71. The highest BCUT2D eigenvalue weighted by atomic mass is 19.1. The molecular weight excluding hydrogens is 375 g/mol. The minimum Gasteiger partial charge on any atom is -0.496 e. The smallest absolute Gasteiger partial charge is 0.319 e. The van der Waals surface area contributed by atoms with Crippen LogP contribution in [0.2, 0.25) is 0 Å². The fourth-order valence-corrected chi connectivity index (χ4v) is 2.79. The van der Waals surface area contributed by atoms with Crippen LogP contribution in [-0.2, 0) is 6.54 Å². The Morgan fingerprint density at radius 1 is 1.07 bits per heavy atom. The lowest BCUT2D eigenvalue weighted by atomic mass is 10.1. The van der Waals surface area contributed by atoms with Crippen LogP contribution in [0.5, 0.6) is 17.2 Å². The second kappa shape index (κ2) is 11.1. The van der Waals surface area contributed by atoms with E-state index in [4.69, 9.17) is 14.2 Å². The van der Waals surface area contributed by atoms with Gasteiger partial charge in [0.15, 0.2) is 11.5 Å². The van der Waals surface area contributed by atoms with Gasteiger partial charge in [0.05, 0.1) is 27.4 Å². The first-order chi connectivity index (χ1) is 13.9. The van der Waals surface area contributed by atoms with E-state index in [-0.39, 0.29) is 12.1 Å². The third kappa shape index (κ3) is 6.85. The van der Waals surface area contributed by atoms with Gasteiger partial charge in [-0.15, -0.1) is 0 Å². The molecule has 29 heavy (non-hydrogen) atoms. The van der Waals surface area contributed by atoms with Crippen LogP contribution in [0, 0.1) is 11.7 Å². The molecule has 2 amide bonds. The van der Waals surface area contributed by atoms with Crippen molar-refractivity contribution in [1.29, 1.82) is 0 Å². The number of halogens is 1. The van der Waals surface area contributed by atoms with Gasteiger partial charge in [-0.05, 0) is 43.0 Å². The monoisotopic (exact) mass is 404 g/mol. The average Bonchev–Trinajstić information content (AvgIpc) is 2.70. The molecule has 0 saturated carbocycles. The third-order valence-electron chi connectivity index (χ3n) is 4.33. The zero-order valence-electron chi connectivity index (χ0n) is 17.4. The molecule has 2 N–H and O–H groups in total. The summed E-state index contributed by atoms with van der Waals surface area (Å²) in [5.41, 5.74) is 0.830. The van der Waals surface area contributed by atoms with Crippen molar-refractivity contribution < 1.29 is 23.4 Å². The van der Waals surface area contributed by atoms with Gasteiger partial charge in [-0.2, -0.15) is 0 Å². The number of benzene rings is 2. The molecule has 2 aromatic rings. The van der Waals surface area contributed by atoms with E-state index in [1.165, 1.54) is 13.2 Å². The molecule has 0 spiro atoms. The average molecular weight is 404 g/mol. The quantitative estimate of drug-likeness (QED) is 0.548. The lowest BCUT2D eigenvalue weighted by molar-refractivity contribution is 0.251. The number of ether oxygens (including phenoxy) is 3. The molecule has 0 aliphatic heterocycles. The van der Waals surface area contributed by atoms with Gasteiger partial charge in [0.2, 0.25) is 0 Å². The van der Waals surface area contributed by atoms with E-state index in [1.54, 1.807) is 37.4 Å². The maximum atomic E-state index is 14.0. The standard InChI is InChI=1S/C22H29FN2O4/c1-15(2)7-6-12-29-21-13-16(10-11-20(21)28-4)25-22(26)24-14-17-18(23)8-5-9-19(17)27-3/h5,8-11,13,15H,6-7,12,14H2,1-4H3,(H2,24,25,26). The van der Waals surface area contributed by atoms with Gasteiger partial charge in [-0.25, -0.2) is 9.18 Å². The summed E-state index contributed by atoms with van der Waals surface area (Å²) < 4.78 is 30.2. The maximum Gasteiger partial charge on any atom is 0.319 e. The van der Waals surface area contributed by atoms with E-state index in [1.807, 2.05) is 0 Å². The van der Waals surface area contributed by atoms with Crippen LogP contribution in [0.1, 0.15) is 32.3 Å². The lowest BCUT2D eigenvalue weighted by Gasteiger charge is -2.14. The zero-order valence-corrected chi connectivity index (χ0v) is 17.4. The van der Waals surface area contributed by atoms with Crippen LogP contribution < -0.4 is 24.8 Å². The Balaban J connectivity index is 1.96. The van der Waals surface area contributed by atoms with Gasteiger partial charge in [0.1, 0.15) is 11.6 Å². The Bertz CT molecular complexity index is 811. The first kappa shape index (κ1) is 22.3. The molecule has 0 radical (unpaired) electrons. The van der Waals surface area contributed by atoms with Crippen LogP contribution in [0.4, 0.5) is 14.9 Å². The van der Waals surface area contributed by atoms with Crippen molar-refractivity contribution in [3.8, 4) is 17.2 Å². The SMILES string of the molecule is COc1ccc(NC(=O)NCc2c(F)cccc2OC)cc1OCCCC(C)C. The molecule has 0 aliphatic rings. The topological polar surface area (TPSA) is 68.8 Å². The Labute approximate surface area is 171 Å². The number of urea groups is 1. The second-order valence-electron chi connectivity index (χ2n) is 6.98. The molecule has 0 aromatic heterocycles. The largest absolute Gasteiger partial charge is 0.496 e. The molecule has 0 bridgehead atoms. The summed E-state index contributed by atoms with van der Waals surface area (Å²) in [6, 6.07) is 9.20. The van der Waals surface area contributed by atoms with E-state index in [0.29, 0.717) is 35.5 Å². The van der Waals surface area contributed by atoms with Crippen LogP contribution in [-0.4, -0.2) is 26.9 Å². The number of anilines is 1. The minimum atomic E-state index is -0.466. The highest BCUT2D eigenvalue weighted by Gasteiger charge is 2.12. The molecule has 0 unspecified atom stereocenters. The van der Waals surface area contributed by atoms with Gasteiger partial charge >= 0.3 is 6.03 Å². The molecule has 2 aromatic carbocycles. The predicted molar refractivity (Wildman–Crippen MR) is 111 cm³/mol. The van der Waals surface area contributed by atoms with Crippen LogP contribution in [0.3, 0.4) is 0 Å². The highest BCUT2D eigenvalue weighted by Crippen LogP contribution is 2.30. The number of carbonyl (C=O) groups is 1. The van der Waals surface area contributed by atoms with Gasteiger partial charge in [0, 0.05) is 17.3 Å². The maximum absolute atomic E-state index is 14.0. The second-order valence-corrected chi connectivity index (χ2v) is 6.98. The Kier molecular flexibility index (Phi) is 8.58. The van der Waals surface area contributed by atoms with Crippen LogP contribution in [0.25, 0.3) is 0 Å². The molecule has 0 atom stereocenters. The zero-order chi connectivity index (χ0) is 21.2. The van der Waals surface area contributed by atoms with E-state index in [0.717, 1.165) is 12.8 Å². The molecule has 7 heteroatoms. The summed E-state index contributed by atoms with van der Waals surface area (Å²) in [5, 5.41) is 5.35. The first-order valence-corrected chi connectivity index (χ1v) is 9.61. The number of nitrogens with one attached hydrogen (secondary N) is 2. The summed E-state index contributed by atoms with van der Waals surface area (Å²) in [7, 11) is 3.02. The molecule has 0 aliphatic carbocycles. The molecule has 0 heterocycles. The first-order valence-electron chi connectivity index (χ1n) is 9.61. The van der Waals surface area contributed by atoms with Crippen LogP contribution in [0.15, 0.2) is 36.4 Å². The minimum absolute atomic E-state index is 0.00358. The lowest BCUT2D eigenvalue weighted by Crippen LogP contribution is -2.28. The number of methoxy groups -OCH3 is 2. The van der Waals surface area contributed by atoms with Gasteiger partial charge in [-0.3, -0.25) is 0 Å². The summed E-state index contributed by atoms with van der Waals surface area (Å²) >= 11 is 0.